The Kier molecular flexibility index (Phi) is 5.96. The Hall–Kier alpha value is -2.11. The second kappa shape index (κ2) is 7.94. The molecule has 2 amide bonds. The number of nitrogens with one attached hydrogen (secondary N) is 2. The molecule has 2 rings (SSSR count). The number of anilines is 1. The molecule has 2 N–H and O–H groups in total. The molecule has 0 radical (unpaired) electrons. The van der Waals surface area contributed by atoms with Crippen molar-refractivity contribution in [2.75, 3.05) is 18.0 Å². The minimum atomic E-state index is -0.510. The molecule has 1 aliphatic rings. The third-order valence-electron chi connectivity index (χ3n) is 4.01. The minimum Gasteiger partial charge on any atom is -0.357 e. The van der Waals surface area contributed by atoms with E-state index in [9.17, 15) is 9.59 Å². The van der Waals surface area contributed by atoms with Crippen LogP contribution >= 0.6 is 0 Å². The molecule has 1 aromatic rings. The molecule has 1 fully saturated rings. The van der Waals surface area contributed by atoms with Crippen LogP contribution in [0, 0.1) is 5.92 Å². The van der Waals surface area contributed by atoms with E-state index >= 15 is 0 Å². The molecule has 1 saturated heterocycles. The zero-order valence-electron chi connectivity index (χ0n) is 14.1. The van der Waals surface area contributed by atoms with E-state index in [0.29, 0.717) is 6.54 Å². The van der Waals surface area contributed by atoms with Crippen molar-refractivity contribution in [1.82, 2.24) is 15.6 Å². The van der Waals surface area contributed by atoms with Gasteiger partial charge >= 0.3 is 0 Å². The first kappa shape index (κ1) is 17.2. The maximum atomic E-state index is 12.2. The van der Waals surface area contributed by atoms with Gasteiger partial charge in [-0.05, 0) is 30.4 Å². The van der Waals surface area contributed by atoms with Crippen LogP contribution in [0.25, 0.3) is 0 Å². The maximum Gasteiger partial charge on any atom is 0.243 e. The second-order valence-corrected chi connectivity index (χ2v) is 6.36. The summed E-state index contributed by atoms with van der Waals surface area (Å²) >= 11 is 0. The van der Waals surface area contributed by atoms with Gasteiger partial charge in [0.05, 0.1) is 0 Å². The van der Waals surface area contributed by atoms with E-state index in [1.54, 1.807) is 6.20 Å². The highest BCUT2D eigenvalue weighted by molar-refractivity contribution is 5.87. The predicted octanol–water partition coefficient (Wildman–Crippen LogP) is 1.46. The number of rotatable bonds is 6. The number of aromatic nitrogens is 1. The van der Waals surface area contributed by atoms with Gasteiger partial charge in [-0.1, -0.05) is 19.9 Å². The summed E-state index contributed by atoms with van der Waals surface area (Å²) in [6, 6.07) is 3.48. The lowest BCUT2D eigenvalue weighted by molar-refractivity contribution is -0.129. The molecule has 0 spiro atoms. The van der Waals surface area contributed by atoms with E-state index in [4.69, 9.17) is 0 Å². The Labute approximate surface area is 137 Å². The standard InChI is InChI=1S/C17H26N4O2/c1-12(2)16(20-13(3)22)17(23)19-11-14-6-7-15(18-10-14)21-8-4-5-9-21/h6-7,10,12,16H,4-5,8-9,11H2,1-3H3,(H,19,23)(H,20,22). The summed E-state index contributed by atoms with van der Waals surface area (Å²) < 4.78 is 0. The third-order valence-corrected chi connectivity index (χ3v) is 4.01. The smallest absolute Gasteiger partial charge is 0.243 e. The molecule has 6 nitrogen and oxygen atoms in total. The molecule has 1 unspecified atom stereocenters. The molecule has 6 heteroatoms. The van der Waals surface area contributed by atoms with Crippen LogP contribution in [0.3, 0.4) is 0 Å². The molecule has 0 bridgehead atoms. The molecule has 2 heterocycles. The summed E-state index contributed by atoms with van der Waals surface area (Å²) in [7, 11) is 0. The number of nitrogens with zero attached hydrogens (tertiary/aromatic N) is 2. The molecule has 1 aliphatic heterocycles. The van der Waals surface area contributed by atoms with Crippen molar-refractivity contribution in [3.05, 3.63) is 23.9 Å². The van der Waals surface area contributed by atoms with Crippen molar-refractivity contribution in [3.8, 4) is 0 Å². The van der Waals surface area contributed by atoms with Crippen LogP contribution in [0.5, 0.6) is 0 Å². The van der Waals surface area contributed by atoms with Crippen LogP contribution in [0.2, 0.25) is 0 Å². The van der Waals surface area contributed by atoms with E-state index in [1.807, 2.05) is 26.0 Å². The number of hydrogen-bond donors (Lipinski definition) is 2. The number of pyridine rings is 1. The first-order chi connectivity index (χ1) is 11.0. The quantitative estimate of drug-likeness (QED) is 0.833. The predicted molar refractivity (Wildman–Crippen MR) is 90.0 cm³/mol. The Balaban J connectivity index is 1.89. The first-order valence-corrected chi connectivity index (χ1v) is 8.22. The van der Waals surface area contributed by atoms with E-state index in [1.165, 1.54) is 19.8 Å². The fourth-order valence-corrected chi connectivity index (χ4v) is 2.71. The zero-order valence-corrected chi connectivity index (χ0v) is 14.1. The van der Waals surface area contributed by atoms with Gasteiger partial charge in [0.25, 0.3) is 0 Å². The van der Waals surface area contributed by atoms with Gasteiger partial charge in [0.1, 0.15) is 11.9 Å². The van der Waals surface area contributed by atoms with Crippen molar-refractivity contribution in [2.45, 2.75) is 46.2 Å². The maximum absolute atomic E-state index is 12.2. The van der Waals surface area contributed by atoms with Gasteiger partial charge < -0.3 is 15.5 Å². The third kappa shape index (κ3) is 4.94. The Morgan fingerprint density at radius 1 is 1.26 bits per heavy atom. The van der Waals surface area contributed by atoms with Crippen molar-refractivity contribution >= 4 is 17.6 Å². The molecule has 1 atom stereocenters. The summed E-state index contributed by atoms with van der Waals surface area (Å²) in [6.07, 6.45) is 4.25. The van der Waals surface area contributed by atoms with Crippen LogP contribution in [-0.4, -0.2) is 35.9 Å². The lowest BCUT2D eigenvalue weighted by Gasteiger charge is -2.21. The molecule has 23 heavy (non-hydrogen) atoms. The fraction of sp³-hybridized carbons (Fsp3) is 0.588. The molecular weight excluding hydrogens is 292 g/mol. The summed E-state index contributed by atoms with van der Waals surface area (Å²) in [5.41, 5.74) is 0.951. The largest absolute Gasteiger partial charge is 0.357 e. The molecule has 0 aromatic carbocycles. The van der Waals surface area contributed by atoms with Crippen LogP contribution in [0.15, 0.2) is 18.3 Å². The lowest BCUT2D eigenvalue weighted by Crippen LogP contribution is -2.48. The van der Waals surface area contributed by atoms with Crippen molar-refractivity contribution < 1.29 is 9.59 Å². The molecular formula is C17H26N4O2. The number of carbonyl (C=O) groups excluding carboxylic acids is 2. The number of hydrogen-bond acceptors (Lipinski definition) is 4. The van der Waals surface area contributed by atoms with Crippen LogP contribution in [0.1, 0.15) is 39.2 Å². The lowest BCUT2D eigenvalue weighted by atomic mass is 10.0. The van der Waals surface area contributed by atoms with Crippen molar-refractivity contribution in [1.29, 1.82) is 0 Å². The molecule has 1 aromatic heterocycles. The van der Waals surface area contributed by atoms with Crippen LogP contribution in [-0.2, 0) is 16.1 Å². The normalized spacial score (nSPS) is 15.6. The van der Waals surface area contributed by atoms with Crippen molar-refractivity contribution in [2.24, 2.45) is 5.92 Å². The topological polar surface area (TPSA) is 74.3 Å². The SMILES string of the molecule is CC(=O)NC(C(=O)NCc1ccc(N2CCCC2)nc1)C(C)C. The average Bonchev–Trinajstić information content (AvgIpc) is 3.04. The van der Waals surface area contributed by atoms with Gasteiger partial charge in [-0.15, -0.1) is 0 Å². The summed E-state index contributed by atoms with van der Waals surface area (Å²) in [6.45, 7) is 7.78. The van der Waals surface area contributed by atoms with Gasteiger partial charge in [0.2, 0.25) is 11.8 Å². The molecule has 0 saturated carbocycles. The Bertz CT molecular complexity index is 536. The van der Waals surface area contributed by atoms with Crippen LogP contribution in [0.4, 0.5) is 5.82 Å². The molecule has 0 aliphatic carbocycles. The summed E-state index contributed by atoms with van der Waals surface area (Å²) in [5.74, 6) is 0.666. The Morgan fingerprint density at radius 2 is 1.96 bits per heavy atom. The summed E-state index contributed by atoms with van der Waals surface area (Å²) in [4.78, 5) is 30.2. The van der Waals surface area contributed by atoms with Gasteiger partial charge in [0, 0.05) is 32.8 Å². The van der Waals surface area contributed by atoms with Crippen LogP contribution < -0.4 is 15.5 Å². The van der Waals surface area contributed by atoms with Gasteiger partial charge in [-0.3, -0.25) is 9.59 Å². The Morgan fingerprint density at radius 3 is 2.48 bits per heavy atom. The van der Waals surface area contributed by atoms with Gasteiger partial charge in [-0.2, -0.15) is 0 Å². The fourth-order valence-electron chi connectivity index (χ4n) is 2.71. The minimum absolute atomic E-state index is 0.0366. The monoisotopic (exact) mass is 318 g/mol. The van der Waals surface area contributed by atoms with E-state index in [-0.39, 0.29) is 17.7 Å². The number of carbonyl (C=O) groups is 2. The van der Waals surface area contributed by atoms with Gasteiger partial charge in [0.15, 0.2) is 0 Å². The highest BCUT2D eigenvalue weighted by Crippen LogP contribution is 2.17. The van der Waals surface area contributed by atoms with E-state index < -0.39 is 6.04 Å². The van der Waals surface area contributed by atoms with E-state index in [0.717, 1.165) is 24.5 Å². The van der Waals surface area contributed by atoms with Crippen molar-refractivity contribution in [3.63, 3.8) is 0 Å². The summed E-state index contributed by atoms with van der Waals surface area (Å²) in [5, 5.41) is 5.56. The van der Waals surface area contributed by atoms with E-state index in [2.05, 4.69) is 20.5 Å². The second-order valence-electron chi connectivity index (χ2n) is 6.36. The highest BCUT2D eigenvalue weighted by Gasteiger charge is 2.22. The highest BCUT2D eigenvalue weighted by atomic mass is 16.2. The first-order valence-electron chi connectivity index (χ1n) is 8.22. The number of amides is 2. The van der Waals surface area contributed by atoms with Gasteiger partial charge in [-0.25, -0.2) is 4.98 Å². The average molecular weight is 318 g/mol. The molecule has 126 valence electrons. The zero-order chi connectivity index (χ0) is 16.8.